The number of anilines is 1. The summed E-state index contributed by atoms with van der Waals surface area (Å²) in [6.45, 7) is 8.54. The summed E-state index contributed by atoms with van der Waals surface area (Å²) in [5.74, 6) is 0.871. The number of halogens is 1. The van der Waals surface area contributed by atoms with Gasteiger partial charge in [-0.15, -0.1) is 0 Å². The van der Waals surface area contributed by atoms with Crippen LogP contribution in [0.25, 0.3) is 11.2 Å². The lowest BCUT2D eigenvalue weighted by atomic mass is 10.0. The van der Waals surface area contributed by atoms with Gasteiger partial charge in [0.1, 0.15) is 0 Å². The molecule has 2 aliphatic rings. The molecule has 0 aliphatic carbocycles. The lowest BCUT2D eigenvalue weighted by Gasteiger charge is -2.43. The quantitative estimate of drug-likeness (QED) is 0.517. The number of fused-ring (bicyclic) bond motifs is 3. The Balaban J connectivity index is 1.62. The zero-order valence-corrected chi connectivity index (χ0v) is 20.7. The molecule has 1 saturated heterocycles. The average molecular weight is 497 g/mol. The van der Waals surface area contributed by atoms with Crippen molar-refractivity contribution >= 4 is 34.6 Å². The molecule has 1 amide bonds. The van der Waals surface area contributed by atoms with Gasteiger partial charge in [-0.1, -0.05) is 43.3 Å². The molecule has 0 radical (unpaired) electrons. The minimum atomic E-state index is -0.433. The number of rotatable bonds is 4. The van der Waals surface area contributed by atoms with Crippen LogP contribution in [0.2, 0.25) is 5.02 Å². The number of aromatic nitrogens is 4. The molecular weight excluding hydrogens is 468 g/mol. The van der Waals surface area contributed by atoms with Crippen molar-refractivity contribution in [3.8, 4) is 0 Å². The van der Waals surface area contributed by atoms with Crippen LogP contribution < -0.4 is 16.1 Å². The Morgan fingerprint density at radius 2 is 2.00 bits per heavy atom. The first-order valence-electron chi connectivity index (χ1n) is 11.9. The fourth-order valence-corrected chi connectivity index (χ4v) is 5.52. The zero-order chi connectivity index (χ0) is 24.9. The molecule has 10 heteroatoms. The van der Waals surface area contributed by atoms with E-state index in [1.807, 2.05) is 27.7 Å². The molecule has 2 aromatic heterocycles. The van der Waals surface area contributed by atoms with Crippen LogP contribution in [-0.4, -0.2) is 55.2 Å². The second-order valence-corrected chi connectivity index (χ2v) is 9.97. The first-order valence-corrected chi connectivity index (χ1v) is 12.3. The SMILES string of the molecule is C=CC(=O)N1CCCC(N2CC(C)Cn3c2nc2c3c(=O)n(Cc3ccccc3Cl)c(=O)n2C)C1. The van der Waals surface area contributed by atoms with Crippen LogP contribution in [0.1, 0.15) is 25.3 Å². The third kappa shape index (κ3) is 3.97. The standard InChI is InChI=1S/C25H29ClN6O3/c1-4-20(33)29-11-7-9-18(15-29)30-12-16(2)13-31-21-22(27-24(30)31)28(3)25(35)32(23(21)34)14-17-8-5-6-10-19(17)26/h4-6,8,10,16,18H,1,7,9,11-15H2,2-3H3. The number of piperidine rings is 1. The summed E-state index contributed by atoms with van der Waals surface area (Å²) in [4.78, 5) is 48.0. The van der Waals surface area contributed by atoms with Crippen molar-refractivity contribution in [2.75, 3.05) is 24.5 Å². The number of hydrogen-bond donors (Lipinski definition) is 0. The maximum Gasteiger partial charge on any atom is 0.332 e. The maximum absolute atomic E-state index is 13.7. The van der Waals surface area contributed by atoms with Gasteiger partial charge in [-0.05, 0) is 36.5 Å². The van der Waals surface area contributed by atoms with Gasteiger partial charge in [0.15, 0.2) is 11.2 Å². The number of likely N-dealkylation sites (tertiary alicyclic amines) is 1. The van der Waals surface area contributed by atoms with Gasteiger partial charge in [0.05, 0.1) is 6.54 Å². The molecule has 4 heterocycles. The van der Waals surface area contributed by atoms with E-state index in [0.29, 0.717) is 47.3 Å². The van der Waals surface area contributed by atoms with Gasteiger partial charge >= 0.3 is 5.69 Å². The van der Waals surface area contributed by atoms with Crippen LogP contribution in [0, 0.1) is 5.92 Å². The van der Waals surface area contributed by atoms with E-state index in [2.05, 4.69) is 18.4 Å². The molecule has 2 atom stereocenters. The second-order valence-electron chi connectivity index (χ2n) is 9.56. The van der Waals surface area contributed by atoms with E-state index in [0.717, 1.165) is 19.4 Å². The third-order valence-electron chi connectivity index (χ3n) is 7.08. The average Bonchev–Trinajstić information content (AvgIpc) is 3.25. The second kappa shape index (κ2) is 9.03. The summed E-state index contributed by atoms with van der Waals surface area (Å²) < 4.78 is 4.62. The highest BCUT2D eigenvalue weighted by molar-refractivity contribution is 6.31. The maximum atomic E-state index is 13.7. The van der Waals surface area contributed by atoms with E-state index in [9.17, 15) is 14.4 Å². The van der Waals surface area contributed by atoms with Gasteiger partial charge in [0.2, 0.25) is 11.9 Å². The molecule has 5 rings (SSSR count). The van der Waals surface area contributed by atoms with Crippen molar-refractivity contribution in [1.29, 1.82) is 0 Å². The van der Waals surface area contributed by atoms with Gasteiger partial charge in [-0.2, -0.15) is 4.98 Å². The van der Waals surface area contributed by atoms with Gasteiger partial charge in [-0.25, -0.2) is 4.79 Å². The molecular formula is C25H29ClN6O3. The van der Waals surface area contributed by atoms with Crippen LogP contribution >= 0.6 is 11.6 Å². The number of imidazole rings is 1. The number of carbonyl (C=O) groups excluding carboxylic acids is 1. The van der Waals surface area contributed by atoms with E-state index in [1.165, 1.54) is 15.2 Å². The summed E-state index contributed by atoms with van der Waals surface area (Å²) in [5.41, 5.74) is 0.691. The predicted molar refractivity (Wildman–Crippen MR) is 136 cm³/mol. The third-order valence-corrected chi connectivity index (χ3v) is 7.45. The molecule has 3 aromatic rings. The number of benzene rings is 1. The number of amides is 1. The van der Waals surface area contributed by atoms with Crippen molar-refractivity contribution in [1.82, 2.24) is 23.6 Å². The molecule has 0 N–H and O–H groups in total. The molecule has 0 saturated carbocycles. The number of nitrogens with zero attached hydrogens (tertiary/aromatic N) is 6. The minimum Gasteiger partial charge on any atom is -0.337 e. The smallest absolute Gasteiger partial charge is 0.332 e. The highest BCUT2D eigenvalue weighted by Gasteiger charge is 2.35. The molecule has 2 aliphatic heterocycles. The van der Waals surface area contributed by atoms with Crippen molar-refractivity contribution in [2.45, 2.75) is 38.9 Å². The number of hydrogen-bond acceptors (Lipinski definition) is 5. The molecule has 2 unspecified atom stereocenters. The molecule has 184 valence electrons. The summed E-state index contributed by atoms with van der Waals surface area (Å²) in [5, 5.41) is 0.507. The fraction of sp³-hybridized carbons (Fsp3) is 0.440. The highest BCUT2D eigenvalue weighted by Crippen LogP contribution is 2.31. The van der Waals surface area contributed by atoms with Crippen LogP contribution in [0.15, 0.2) is 46.5 Å². The summed E-state index contributed by atoms with van der Waals surface area (Å²) in [6.07, 6.45) is 3.17. The van der Waals surface area contributed by atoms with Crippen molar-refractivity contribution in [3.63, 3.8) is 0 Å². The summed E-state index contributed by atoms with van der Waals surface area (Å²) in [7, 11) is 1.64. The van der Waals surface area contributed by atoms with E-state index in [4.69, 9.17) is 16.6 Å². The monoisotopic (exact) mass is 496 g/mol. The number of aryl methyl sites for hydroxylation is 1. The lowest BCUT2D eigenvalue weighted by Crippen LogP contribution is -2.53. The molecule has 9 nitrogen and oxygen atoms in total. The normalized spacial score (nSPS) is 20.2. The molecule has 0 bridgehead atoms. The van der Waals surface area contributed by atoms with Crippen molar-refractivity contribution in [2.24, 2.45) is 13.0 Å². The Kier molecular flexibility index (Phi) is 6.04. The molecule has 35 heavy (non-hydrogen) atoms. The van der Waals surface area contributed by atoms with E-state index < -0.39 is 5.69 Å². The van der Waals surface area contributed by atoms with Gasteiger partial charge in [0, 0.05) is 44.3 Å². The van der Waals surface area contributed by atoms with Crippen LogP contribution in [0.5, 0.6) is 0 Å². The Labute approximate surface area is 207 Å². The van der Waals surface area contributed by atoms with E-state index in [-0.39, 0.29) is 30.0 Å². The topological polar surface area (TPSA) is 85.4 Å². The zero-order valence-electron chi connectivity index (χ0n) is 20.0. The summed E-state index contributed by atoms with van der Waals surface area (Å²) in [6, 6.07) is 7.28. The first kappa shape index (κ1) is 23.4. The van der Waals surface area contributed by atoms with Crippen LogP contribution in [0.3, 0.4) is 0 Å². The lowest BCUT2D eigenvalue weighted by molar-refractivity contribution is -0.127. The Morgan fingerprint density at radius 3 is 2.74 bits per heavy atom. The van der Waals surface area contributed by atoms with Crippen LogP contribution in [0.4, 0.5) is 5.95 Å². The Morgan fingerprint density at radius 1 is 1.23 bits per heavy atom. The Bertz CT molecular complexity index is 1440. The Hall–Kier alpha value is -3.33. The first-order chi connectivity index (χ1) is 16.8. The molecule has 1 fully saturated rings. The van der Waals surface area contributed by atoms with Gasteiger partial charge in [-0.3, -0.25) is 18.7 Å². The van der Waals surface area contributed by atoms with E-state index in [1.54, 1.807) is 13.1 Å². The predicted octanol–water partition coefficient (Wildman–Crippen LogP) is 2.23. The van der Waals surface area contributed by atoms with Crippen molar-refractivity contribution in [3.05, 3.63) is 68.3 Å². The number of carbonyl (C=O) groups is 1. The molecule has 0 spiro atoms. The largest absolute Gasteiger partial charge is 0.337 e. The van der Waals surface area contributed by atoms with Gasteiger partial charge in [0.25, 0.3) is 5.56 Å². The summed E-state index contributed by atoms with van der Waals surface area (Å²) >= 11 is 6.32. The fourth-order valence-electron chi connectivity index (χ4n) is 5.33. The molecule has 1 aromatic carbocycles. The van der Waals surface area contributed by atoms with Crippen molar-refractivity contribution < 1.29 is 4.79 Å². The van der Waals surface area contributed by atoms with E-state index >= 15 is 0 Å². The highest BCUT2D eigenvalue weighted by atomic mass is 35.5. The van der Waals surface area contributed by atoms with Gasteiger partial charge < -0.3 is 14.4 Å². The van der Waals surface area contributed by atoms with Crippen LogP contribution in [-0.2, 0) is 24.9 Å². The minimum absolute atomic E-state index is 0.0712.